The molecule has 0 atom stereocenters. The highest BCUT2D eigenvalue weighted by Crippen LogP contribution is 2.28. The Morgan fingerprint density at radius 3 is 2.24 bits per heavy atom. The first-order valence-corrected chi connectivity index (χ1v) is 5.33. The molecule has 0 spiro atoms. The van der Waals surface area contributed by atoms with Crippen LogP contribution in [-0.2, 0) is 11.2 Å². The van der Waals surface area contributed by atoms with Crippen LogP contribution >= 0.6 is 0 Å². The summed E-state index contributed by atoms with van der Waals surface area (Å²) in [6.45, 7) is 0. The second-order valence-electron chi connectivity index (χ2n) is 3.81. The van der Waals surface area contributed by atoms with Gasteiger partial charge in [-0.05, 0) is 17.2 Å². The number of nitrogens with two attached hydrogens (primary N) is 1. The number of carbonyl (C=O) groups is 1. The second kappa shape index (κ2) is 4.70. The number of carboxylic acids is 1. The van der Waals surface area contributed by atoms with E-state index in [0.717, 1.165) is 16.7 Å². The Balaban J connectivity index is 2.52. The Hall–Kier alpha value is -2.29. The van der Waals surface area contributed by atoms with Crippen LogP contribution < -0.4 is 5.73 Å². The minimum absolute atomic E-state index is 0.00447. The molecule has 2 rings (SSSR count). The smallest absolute Gasteiger partial charge is 0.307 e. The molecule has 2 aromatic carbocycles. The van der Waals surface area contributed by atoms with Crippen molar-refractivity contribution in [2.45, 2.75) is 6.42 Å². The zero-order chi connectivity index (χ0) is 12.3. The predicted octanol–water partition coefficient (Wildman–Crippen LogP) is 2.56. The minimum atomic E-state index is -0.841. The van der Waals surface area contributed by atoms with Gasteiger partial charge in [0, 0.05) is 11.3 Å². The van der Waals surface area contributed by atoms with Crippen molar-refractivity contribution in [2.75, 3.05) is 5.73 Å². The van der Waals surface area contributed by atoms with Crippen molar-refractivity contribution in [3.05, 3.63) is 54.1 Å². The van der Waals surface area contributed by atoms with Gasteiger partial charge in [0.15, 0.2) is 0 Å². The van der Waals surface area contributed by atoms with Crippen LogP contribution in [0.4, 0.5) is 5.69 Å². The Labute approximate surface area is 99.5 Å². The van der Waals surface area contributed by atoms with Crippen LogP contribution in [0.3, 0.4) is 0 Å². The van der Waals surface area contributed by atoms with Crippen LogP contribution in [0.1, 0.15) is 5.56 Å². The molecule has 0 aliphatic rings. The summed E-state index contributed by atoms with van der Waals surface area (Å²) in [6.07, 6.45) is 0.00447. The van der Waals surface area contributed by atoms with Crippen LogP contribution in [0.5, 0.6) is 0 Å². The van der Waals surface area contributed by atoms with Gasteiger partial charge in [-0.3, -0.25) is 4.79 Å². The van der Waals surface area contributed by atoms with Crippen molar-refractivity contribution in [1.82, 2.24) is 0 Å². The molecule has 0 saturated carbocycles. The normalized spacial score (nSPS) is 10.1. The summed E-state index contributed by atoms with van der Waals surface area (Å²) in [5.74, 6) is -0.841. The molecule has 0 aliphatic heterocycles. The molecule has 0 fully saturated rings. The number of benzene rings is 2. The number of hydrogen-bond donors (Lipinski definition) is 2. The first-order valence-electron chi connectivity index (χ1n) is 5.33. The van der Waals surface area contributed by atoms with Gasteiger partial charge in [0.05, 0.1) is 6.42 Å². The summed E-state index contributed by atoms with van der Waals surface area (Å²) in [5.41, 5.74) is 9.10. The van der Waals surface area contributed by atoms with Gasteiger partial charge in [0.1, 0.15) is 0 Å². The number of hydrogen-bond acceptors (Lipinski definition) is 2. The minimum Gasteiger partial charge on any atom is -0.481 e. The zero-order valence-electron chi connectivity index (χ0n) is 9.26. The monoisotopic (exact) mass is 227 g/mol. The van der Waals surface area contributed by atoms with Gasteiger partial charge >= 0.3 is 5.97 Å². The fourth-order valence-corrected chi connectivity index (χ4v) is 1.84. The lowest BCUT2D eigenvalue weighted by atomic mass is 9.96. The van der Waals surface area contributed by atoms with Crippen LogP contribution in [0.25, 0.3) is 11.1 Å². The van der Waals surface area contributed by atoms with Crippen LogP contribution in [0.2, 0.25) is 0 Å². The fraction of sp³-hybridized carbons (Fsp3) is 0.0714. The van der Waals surface area contributed by atoms with E-state index in [1.54, 1.807) is 0 Å². The first-order chi connectivity index (χ1) is 8.18. The second-order valence-corrected chi connectivity index (χ2v) is 3.81. The van der Waals surface area contributed by atoms with Crippen molar-refractivity contribution < 1.29 is 9.90 Å². The molecule has 0 aromatic heterocycles. The van der Waals surface area contributed by atoms with Gasteiger partial charge in [-0.25, -0.2) is 0 Å². The molecule has 0 bridgehead atoms. The molecule has 17 heavy (non-hydrogen) atoms. The van der Waals surface area contributed by atoms with Crippen LogP contribution in [0, 0.1) is 0 Å². The molecule has 0 aliphatic carbocycles. The third-order valence-corrected chi connectivity index (χ3v) is 2.61. The maximum Gasteiger partial charge on any atom is 0.307 e. The highest BCUT2D eigenvalue weighted by molar-refractivity contribution is 5.81. The number of para-hydroxylation sites is 1. The molecule has 86 valence electrons. The summed E-state index contributed by atoms with van der Waals surface area (Å²) in [6, 6.07) is 14.9. The summed E-state index contributed by atoms with van der Waals surface area (Å²) < 4.78 is 0. The van der Waals surface area contributed by atoms with Gasteiger partial charge < -0.3 is 10.8 Å². The van der Waals surface area contributed by atoms with Crippen LogP contribution in [0.15, 0.2) is 48.5 Å². The van der Waals surface area contributed by atoms with E-state index in [4.69, 9.17) is 10.8 Å². The topological polar surface area (TPSA) is 63.3 Å². The highest BCUT2D eigenvalue weighted by atomic mass is 16.4. The molecule has 0 unspecified atom stereocenters. The molecular formula is C14H13NO2. The first kappa shape index (κ1) is 11.2. The van der Waals surface area contributed by atoms with Crippen molar-refractivity contribution in [3.63, 3.8) is 0 Å². The average molecular weight is 227 g/mol. The van der Waals surface area contributed by atoms with Gasteiger partial charge in [-0.15, -0.1) is 0 Å². The summed E-state index contributed by atoms with van der Waals surface area (Å²) >= 11 is 0. The van der Waals surface area contributed by atoms with E-state index >= 15 is 0 Å². The number of aliphatic carboxylic acids is 1. The standard InChI is InChI=1S/C14H13NO2/c15-13-8-4-3-7-12(13)11-6-2-1-5-10(11)9-14(16)17/h1-8H,9,15H2,(H,16,17). The Bertz CT molecular complexity index is 549. The molecule has 3 N–H and O–H groups in total. The Morgan fingerprint density at radius 2 is 1.59 bits per heavy atom. The highest BCUT2D eigenvalue weighted by Gasteiger charge is 2.09. The van der Waals surface area contributed by atoms with Crippen LogP contribution in [-0.4, -0.2) is 11.1 Å². The predicted molar refractivity (Wildman–Crippen MR) is 67.6 cm³/mol. The molecule has 0 amide bonds. The van der Waals surface area contributed by atoms with Crippen molar-refractivity contribution in [3.8, 4) is 11.1 Å². The maximum absolute atomic E-state index is 10.8. The third-order valence-electron chi connectivity index (χ3n) is 2.61. The zero-order valence-corrected chi connectivity index (χ0v) is 9.26. The Morgan fingerprint density at radius 1 is 1.00 bits per heavy atom. The van der Waals surface area contributed by atoms with Crippen molar-refractivity contribution in [2.24, 2.45) is 0 Å². The molecular weight excluding hydrogens is 214 g/mol. The Kier molecular flexibility index (Phi) is 3.10. The van der Waals surface area contributed by atoms with E-state index < -0.39 is 5.97 Å². The van der Waals surface area contributed by atoms with Gasteiger partial charge in [-0.2, -0.15) is 0 Å². The number of rotatable bonds is 3. The van der Waals surface area contributed by atoms with Gasteiger partial charge in [0.2, 0.25) is 0 Å². The molecule has 0 radical (unpaired) electrons. The summed E-state index contributed by atoms with van der Waals surface area (Å²) in [5, 5.41) is 8.88. The van der Waals surface area contributed by atoms with Crippen molar-refractivity contribution in [1.29, 1.82) is 0 Å². The molecule has 0 saturated heterocycles. The number of anilines is 1. The van der Waals surface area contributed by atoms with E-state index in [0.29, 0.717) is 5.69 Å². The molecule has 0 heterocycles. The number of carboxylic acid groups (broad SMARTS) is 1. The lowest BCUT2D eigenvalue weighted by molar-refractivity contribution is -0.136. The quantitative estimate of drug-likeness (QED) is 0.792. The maximum atomic E-state index is 10.8. The van der Waals surface area contributed by atoms with Gasteiger partial charge in [0.25, 0.3) is 0 Å². The largest absolute Gasteiger partial charge is 0.481 e. The lowest BCUT2D eigenvalue weighted by Gasteiger charge is -2.10. The fourth-order valence-electron chi connectivity index (χ4n) is 1.84. The molecule has 3 heteroatoms. The summed E-state index contributed by atoms with van der Waals surface area (Å²) in [7, 11) is 0. The number of nitrogen functional groups attached to an aromatic ring is 1. The van der Waals surface area contributed by atoms with E-state index in [1.165, 1.54) is 0 Å². The van der Waals surface area contributed by atoms with E-state index in [-0.39, 0.29) is 6.42 Å². The van der Waals surface area contributed by atoms with E-state index in [9.17, 15) is 4.79 Å². The third kappa shape index (κ3) is 2.45. The van der Waals surface area contributed by atoms with E-state index in [2.05, 4.69) is 0 Å². The molecule has 3 nitrogen and oxygen atoms in total. The van der Waals surface area contributed by atoms with E-state index in [1.807, 2.05) is 48.5 Å². The van der Waals surface area contributed by atoms with Crippen molar-refractivity contribution >= 4 is 11.7 Å². The SMILES string of the molecule is Nc1ccccc1-c1ccccc1CC(=O)O. The van der Waals surface area contributed by atoms with Gasteiger partial charge in [-0.1, -0.05) is 42.5 Å². The molecule has 2 aromatic rings. The average Bonchev–Trinajstić information content (AvgIpc) is 2.30. The summed E-state index contributed by atoms with van der Waals surface area (Å²) in [4.78, 5) is 10.8. The lowest BCUT2D eigenvalue weighted by Crippen LogP contribution is -2.02.